The molecule has 0 aliphatic rings. The molecular formula is C56H39N3. The Bertz CT molecular complexity index is 3290. The van der Waals surface area contributed by atoms with Crippen LogP contribution in [0.2, 0.25) is 0 Å². The second-order valence-electron chi connectivity index (χ2n) is 14.9. The minimum Gasteiger partial charge on any atom is -0.310 e. The Morgan fingerprint density at radius 3 is 1.49 bits per heavy atom. The monoisotopic (exact) mass is 754 g/mol. The minimum atomic E-state index is 0.497. The van der Waals surface area contributed by atoms with Crippen LogP contribution in [0, 0.1) is 0 Å². The lowest BCUT2D eigenvalue weighted by Gasteiger charge is -2.30. The Morgan fingerprint density at radius 2 is 0.847 bits per heavy atom. The number of rotatable bonds is 8. The van der Waals surface area contributed by atoms with Gasteiger partial charge in [0.05, 0.1) is 12.4 Å². The first kappa shape index (κ1) is 33.3. The van der Waals surface area contributed by atoms with E-state index in [9.17, 15) is 0 Å². The molecular weight excluding hydrogens is 715 g/mol. The Labute approximate surface area is 345 Å². The Balaban J connectivity index is 1.22. The molecule has 0 unspecified atom stereocenters. The van der Waals surface area contributed by atoms with Crippen molar-refractivity contribution in [3.05, 3.63) is 237 Å². The summed E-state index contributed by atoms with van der Waals surface area (Å²) in [7, 11) is 0. The topological polar surface area (TPSA) is 11.4 Å². The zero-order valence-electron chi connectivity index (χ0n) is 33.3. The number of hydrogen-bond donors (Lipinski definition) is 0. The summed E-state index contributed by atoms with van der Waals surface area (Å²) < 4.78 is 10.9. The van der Waals surface area contributed by atoms with Crippen LogP contribution in [0.1, 0.15) is 1.37 Å². The summed E-state index contributed by atoms with van der Waals surface area (Å²) >= 11 is 0. The third-order valence-corrected chi connectivity index (χ3v) is 11.4. The third-order valence-electron chi connectivity index (χ3n) is 11.4. The predicted octanol–water partition coefficient (Wildman–Crippen LogP) is 15.7. The van der Waals surface area contributed by atoms with Gasteiger partial charge < -0.3 is 14.4 Å². The molecule has 0 radical (unpaired) electrons. The van der Waals surface area contributed by atoms with Crippen LogP contribution in [0.15, 0.2) is 237 Å². The molecule has 11 aromatic rings. The first-order chi connectivity index (χ1) is 29.7. The van der Waals surface area contributed by atoms with Gasteiger partial charge in [-0.25, -0.2) is 0 Å². The molecule has 0 aliphatic carbocycles. The molecule has 0 N–H and O–H groups in total. The van der Waals surface area contributed by atoms with Gasteiger partial charge in [-0.3, -0.25) is 0 Å². The number of aromatic nitrogens is 1. The van der Waals surface area contributed by atoms with Gasteiger partial charge in [0.25, 0.3) is 0 Å². The zero-order valence-corrected chi connectivity index (χ0v) is 32.3. The van der Waals surface area contributed by atoms with Crippen molar-refractivity contribution in [2.45, 2.75) is 0 Å². The van der Waals surface area contributed by atoms with Crippen LogP contribution in [0.25, 0.3) is 60.2 Å². The minimum absolute atomic E-state index is 0.497. The van der Waals surface area contributed by atoms with E-state index in [1.54, 1.807) is 0 Å². The van der Waals surface area contributed by atoms with Gasteiger partial charge in [-0.2, -0.15) is 0 Å². The van der Waals surface area contributed by atoms with Crippen LogP contribution in [-0.2, 0) is 0 Å². The largest absolute Gasteiger partial charge is 0.310 e. The van der Waals surface area contributed by atoms with E-state index in [0.29, 0.717) is 6.04 Å². The van der Waals surface area contributed by atoms with Crippen molar-refractivity contribution in [2.24, 2.45) is 0 Å². The third kappa shape index (κ3) is 6.08. The standard InChI is InChI=1S/C56H39N3/c1-5-20-42(21-6-1)57(43-22-7-2-8-23-43)47-35-41(54-37-40-19-13-14-28-49(40)50-29-15-16-30-51(50)54)36-48(38-47)58(44-24-9-3-10-25-44)46-33-34-53-52-31-17-18-32-55(52)59(56(53)39-46)45-26-11-4-12-27-45/h1-39H/i17D. The summed E-state index contributed by atoms with van der Waals surface area (Å²) in [6.45, 7) is 0. The molecule has 59 heavy (non-hydrogen) atoms. The lowest BCUT2D eigenvalue weighted by Crippen LogP contribution is -2.13. The van der Waals surface area contributed by atoms with E-state index in [4.69, 9.17) is 1.37 Å². The molecule has 0 spiro atoms. The summed E-state index contributed by atoms with van der Waals surface area (Å²) in [6.07, 6.45) is 0. The molecule has 0 fully saturated rings. The van der Waals surface area contributed by atoms with Crippen LogP contribution < -0.4 is 9.80 Å². The number of fused-ring (bicyclic) bond motifs is 6. The Kier molecular flexibility index (Phi) is 8.21. The van der Waals surface area contributed by atoms with Crippen molar-refractivity contribution in [1.29, 1.82) is 0 Å². The van der Waals surface area contributed by atoms with Gasteiger partial charge in [0.15, 0.2) is 0 Å². The van der Waals surface area contributed by atoms with Crippen molar-refractivity contribution < 1.29 is 1.37 Å². The Hall–Kier alpha value is -7.88. The fourth-order valence-corrected chi connectivity index (χ4v) is 8.82. The molecule has 278 valence electrons. The molecule has 0 bridgehead atoms. The molecule has 0 aliphatic heterocycles. The van der Waals surface area contributed by atoms with E-state index in [1.165, 1.54) is 27.1 Å². The number of nitrogens with zero attached hydrogens (tertiary/aromatic N) is 3. The summed E-state index contributed by atoms with van der Waals surface area (Å²) in [5.41, 5.74) is 11.8. The van der Waals surface area contributed by atoms with E-state index in [2.05, 4.69) is 233 Å². The van der Waals surface area contributed by atoms with Gasteiger partial charge in [-0.05, 0) is 124 Å². The molecule has 1 aromatic heterocycles. The van der Waals surface area contributed by atoms with E-state index < -0.39 is 0 Å². The van der Waals surface area contributed by atoms with Crippen LogP contribution in [0.3, 0.4) is 0 Å². The van der Waals surface area contributed by atoms with Crippen molar-refractivity contribution in [3.8, 4) is 16.8 Å². The highest BCUT2D eigenvalue weighted by Gasteiger charge is 2.22. The highest BCUT2D eigenvalue weighted by Crippen LogP contribution is 2.46. The molecule has 3 heteroatoms. The normalized spacial score (nSPS) is 11.6. The average Bonchev–Trinajstić information content (AvgIpc) is 3.63. The van der Waals surface area contributed by atoms with Crippen molar-refractivity contribution in [2.75, 3.05) is 9.80 Å². The van der Waals surface area contributed by atoms with Gasteiger partial charge in [0, 0.05) is 50.6 Å². The molecule has 10 aromatic carbocycles. The fourth-order valence-electron chi connectivity index (χ4n) is 8.82. The second-order valence-corrected chi connectivity index (χ2v) is 14.9. The highest BCUT2D eigenvalue weighted by molar-refractivity contribution is 6.14. The fraction of sp³-hybridized carbons (Fsp3) is 0. The number of benzene rings is 10. The predicted molar refractivity (Wildman–Crippen MR) is 251 cm³/mol. The maximum atomic E-state index is 8.54. The number of hydrogen-bond acceptors (Lipinski definition) is 2. The molecule has 0 atom stereocenters. The van der Waals surface area contributed by atoms with E-state index in [-0.39, 0.29) is 0 Å². The van der Waals surface area contributed by atoms with Crippen LogP contribution >= 0.6 is 0 Å². The average molecular weight is 755 g/mol. The van der Waals surface area contributed by atoms with Gasteiger partial charge in [0.1, 0.15) is 0 Å². The zero-order chi connectivity index (χ0) is 40.0. The summed E-state index contributed by atoms with van der Waals surface area (Å²) in [5.74, 6) is 0. The van der Waals surface area contributed by atoms with Crippen molar-refractivity contribution >= 4 is 77.5 Å². The number of para-hydroxylation sites is 5. The molecule has 0 saturated carbocycles. The molecule has 0 amide bonds. The van der Waals surface area contributed by atoms with Crippen LogP contribution in [0.5, 0.6) is 0 Å². The smallest absolute Gasteiger partial charge is 0.0623 e. The maximum absolute atomic E-state index is 8.54. The molecule has 0 saturated heterocycles. The summed E-state index contributed by atoms with van der Waals surface area (Å²) in [6, 6.07) is 82.5. The molecule has 1 heterocycles. The van der Waals surface area contributed by atoms with Crippen LogP contribution in [0.4, 0.5) is 34.1 Å². The molecule has 3 nitrogen and oxygen atoms in total. The SMILES string of the molecule is [2H]c1ccc2c(c1)c1ccc(N(c3ccccc3)c3cc(-c4cc5ccccc5c5ccccc45)cc(N(c4ccccc4)c4ccccc4)c3)cc1n2-c1ccccc1. The van der Waals surface area contributed by atoms with Gasteiger partial charge in [0.2, 0.25) is 0 Å². The lowest BCUT2D eigenvalue weighted by molar-refractivity contribution is 1.18. The van der Waals surface area contributed by atoms with E-state index in [0.717, 1.165) is 67.2 Å². The number of anilines is 6. The van der Waals surface area contributed by atoms with Gasteiger partial charge >= 0.3 is 0 Å². The lowest BCUT2D eigenvalue weighted by atomic mass is 9.92. The highest BCUT2D eigenvalue weighted by atomic mass is 15.2. The van der Waals surface area contributed by atoms with Gasteiger partial charge in [-0.15, -0.1) is 0 Å². The van der Waals surface area contributed by atoms with E-state index >= 15 is 0 Å². The van der Waals surface area contributed by atoms with Crippen molar-refractivity contribution in [1.82, 2.24) is 4.57 Å². The summed E-state index contributed by atoms with van der Waals surface area (Å²) in [4.78, 5) is 4.74. The molecule has 11 rings (SSSR count). The quantitative estimate of drug-likeness (QED) is 0.143. The first-order valence-corrected chi connectivity index (χ1v) is 20.1. The van der Waals surface area contributed by atoms with Gasteiger partial charge in [-0.1, -0.05) is 146 Å². The van der Waals surface area contributed by atoms with E-state index in [1.807, 2.05) is 12.1 Å². The van der Waals surface area contributed by atoms with Crippen molar-refractivity contribution in [3.63, 3.8) is 0 Å². The maximum Gasteiger partial charge on any atom is 0.0623 e. The second kappa shape index (κ2) is 14.6. The van der Waals surface area contributed by atoms with Crippen LogP contribution in [-0.4, -0.2) is 4.57 Å². The summed E-state index contributed by atoms with van der Waals surface area (Å²) in [5, 5.41) is 7.06. The first-order valence-electron chi connectivity index (χ1n) is 20.6. The Morgan fingerprint density at radius 1 is 0.322 bits per heavy atom.